The van der Waals surface area contributed by atoms with Crippen molar-refractivity contribution in [3.8, 4) is 0 Å². The van der Waals surface area contributed by atoms with Crippen LogP contribution in [0.25, 0.3) is 0 Å². The molecule has 0 radical (unpaired) electrons. The largest absolute Gasteiger partial charge is 0.490 e. The number of carbonyl (C=O) groups is 1. The molecule has 0 aromatic carbocycles. The van der Waals surface area contributed by atoms with Crippen LogP contribution in [0.3, 0.4) is 0 Å². The van der Waals surface area contributed by atoms with Crippen molar-refractivity contribution in [2.45, 2.75) is 44.4 Å². The van der Waals surface area contributed by atoms with Gasteiger partial charge in [0.2, 0.25) is 5.95 Å². The van der Waals surface area contributed by atoms with E-state index >= 15 is 0 Å². The van der Waals surface area contributed by atoms with Gasteiger partial charge in [0.1, 0.15) is 0 Å². The highest BCUT2D eigenvalue weighted by atomic mass is 19.4. The van der Waals surface area contributed by atoms with E-state index < -0.39 is 12.1 Å². The fourth-order valence-electron chi connectivity index (χ4n) is 3.64. The summed E-state index contributed by atoms with van der Waals surface area (Å²) >= 11 is 0. The smallest absolute Gasteiger partial charge is 0.475 e. The van der Waals surface area contributed by atoms with E-state index in [0.29, 0.717) is 11.5 Å². The van der Waals surface area contributed by atoms with Crippen LogP contribution in [-0.2, 0) is 14.3 Å². The first-order valence-electron chi connectivity index (χ1n) is 9.79. The molecule has 1 spiro atoms. The predicted octanol–water partition coefficient (Wildman–Crippen LogP) is 2.91. The molecule has 2 aliphatic heterocycles. The Hall–Kier alpha value is -1.94. The maximum atomic E-state index is 10.6. The lowest BCUT2D eigenvalue weighted by Gasteiger charge is -2.38. The van der Waals surface area contributed by atoms with Gasteiger partial charge in [-0.2, -0.15) is 13.2 Å². The fourth-order valence-corrected chi connectivity index (χ4v) is 3.64. The van der Waals surface area contributed by atoms with Gasteiger partial charge in [-0.15, -0.1) is 0 Å². The maximum Gasteiger partial charge on any atom is 0.490 e. The van der Waals surface area contributed by atoms with Crippen LogP contribution >= 0.6 is 0 Å². The molecule has 0 bridgehead atoms. The summed E-state index contributed by atoms with van der Waals surface area (Å²) in [6.07, 6.45) is 5.06. The lowest BCUT2D eigenvalue weighted by atomic mass is 9.77. The van der Waals surface area contributed by atoms with Gasteiger partial charge in [-0.05, 0) is 49.5 Å². The molecular formula is C19H26F3N3O4. The standard InChI is InChI=1S/C17H25N3O2.C2HF3O2/c1-6-18-16(19-7-1)20-8-4-17(5-9-20)10-15(22-13-17)12-21-11-14-2-3-14;3-2(4,5)1(6)7/h1,6-7,14-15H,2-5,8-13H2;(H,6,7). The van der Waals surface area contributed by atoms with E-state index in [2.05, 4.69) is 14.9 Å². The summed E-state index contributed by atoms with van der Waals surface area (Å²) in [4.78, 5) is 19.9. The van der Waals surface area contributed by atoms with Crippen LogP contribution in [0.2, 0.25) is 0 Å². The third kappa shape index (κ3) is 6.53. The number of halogens is 3. The summed E-state index contributed by atoms with van der Waals surface area (Å²) in [5.74, 6) is -1.06. The number of anilines is 1. The van der Waals surface area contributed by atoms with Crippen LogP contribution in [0.5, 0.6) is 0 Å². The van der Waals surface area contributed by atoms with Gasteiger partial charge in [0.05, 0.1) is 19.3 Å². The molecule has 162 valence electrons. The van der Waals surface area contributed by atoms with Gasteiger partial charge in [0.25, 0.3) is 0 Å². The van der Waals surface area contributed by atoms with Gasteiger partial charge in [0.15, 0.2) is 0 Å². The van der Waals surface area contributed by atoms with Crippen molar-refractivity contribution >= 4 is 11.9 Å². The van der Waals surface area contributed by atoms with Crippen LogP contribution in [0, 0.1) is 11.3 Å². The van der Waals surface area contributed by atoms with Crippen molar-refractivity contribution in [3.63, 3.8) is 0 Å². The highest BCUT2D eigenvalue weighted by Gasteiger charge is 2.43. The molecule has 3 aliphatic rings. The van der Waals surface area contributed by atoms with Gasteiger partial charge >= 0.3 is 12.1 Å². The zero-order valence-corrected chi connectivity index (χ0v) is 16.1. The van der Waals surface area contributed by atoms with Crippen molar-refractivity contribution in [2.24, 2.45) is 11.3 Å². The summed E-state index contributed by atoms with van der Waals surface area (Å²) < 4.78 is 43.6. The average molecular weight is 417 g/mol. The number of piperidine rings is 1. The van der Waals surface area contributed by atoms with E-state index in [1.165, 1.54) is 25.7 Å². The zero-order chi connectivity index (χ0) is 20.9. The number of hydrogen-bond acceptors (Lipinski definition) is 6. The molecular weight excluding hydrogens is 391 g/mol. The van der Waals surface area contributed by atoms with Crippen molar-refractivity contribution in [1.29, 1.82) is 0 Å². The van der Waals surface area contributed by atoms with Crippen LogP contribution in [0.4, 0.5) is 19.1 Å². The fraction of sp³-hybridized carbons (Fsp3) is 0.737. The molecule has 1 saturated carbocycles. The molecule has 10 heteroatoms. The van der Waals surface area contributed by atoms with Gasteiger partial charge in [-0.3, -0.25) is 0 Å². The van der Waals surface area contributed by atoms with Crippen molar-refractivity contribution in [2.75, 3.05) is 37.8 Å². The second-order valence-electron chi connectivity index (χ2n) is 7.96. The Labute approximate surface area is 167 Å². The van der Waals surface area contributed by atoms with E-state index in [1.807, 2.05) is 18.5 Å². The average Bonchev–Trinajstić information content (AvgIpc) is 3.44. The first-order chi connectivity index (χ1) is 13.8. The van der Waals surface area contributed by atoms with Crippen molar-refractivity contribution < 1.29 is 32.5 Å². The van der Waals surface area contributed by atoms with E-state index in [1.54, 1.807) is 0 Å². The maximum absolute atomic E-state index is 10.6. The van der Waals surface area contributed by atoms with E-state index in [9.17, 15) is 13.2 Å². The minimum atomic E-state index is -5.08. The molecule has 29 heavy (non-hydrogen) atoms. The Bertz CT molecular complexity index is 662. The molecule has 3 fully saturated rings. The Morgan fingerprint density at radius 2 is 1.86 bits per heavy atom. The van der Waals surface area contributed by atoms with Crippen LogP contribution < -0.4 is 4.90 Å². The molecule has 1 N–H and O–H groups in total. The van der Waals surface area contributed by atoms with Crippen LogP contribution in [0.1, 0.15) is 32.1 Å². The number of carboxylic acid groups (broad SMARTS) is 1. The number of aliphatic carboxylic acids is 1. The molecule has 1 aliphatic carbocycles. The third-order valence-electron chi connectivity index (χ3n) is 5.54. The summed E-state index contributed by atoms with van der Waals surface area (Å²) in [5.41, 5.74) is 0.360. The monoisotopic (exact) mass is 417 g/mol. The van der Waals surface area contributed by atoms with Crippen LogP contribution in [-0.4, -0.2) is 66.2 Å². The molecule has 0 amide bonds. The lowest BCUT2D eigenvalue weighted by molar-refractivity contribution is -0.192. The predicted molar refractivity (Wildman–Crippen MR) is 97.5 cm³/mol. The van der Waals surface area contributed by atoms with Gasteiger partial charge in [0, 0.05) is 32.1 Å². The summed E-state index contributed by atoms with van der Waals surface area (Å²) in [5, 5.41) is 7.12. The summed E-state index contributed by atoms with van der Waals surface area (Å²) in [6, 6.07) is 1.87. The molecule has 2 saturated heterocycles. The van der Waals surface area contributed by atoms with Crippen molar-refractivity contribution in [3.05, 3.63) is 18.5 Å². The minimum Gasteiger partial charge on any atom is -0.475 e. The second kappa shape index (κ2) is 9.25. The molecule has 3 heterocycles. The number of hydrogen-bond donors (Lipinski definition) is 1. The Morgan fingerprint density at radius 3 is 2.41 bits per heavy atom. The van der Waals surface area contributed by atoms with E-state index in [0.717, 1.165) is 51.2 Å². The number of rotatable bonds is 5. The van der Waals surface area contributed by atoms with Gasteiger partial charge < -0.3 is 19.5 Å². The number of carboxylic acids is 1. The highest BCUT2D eigenvalue weighted by molar-refractivity contribution is 5.73. The van der Waals surface area contributed by atoms with Crippen molar-refractivity contribution in [1.82, 2.24) is 9.97 Å². The Kier molecular flexibility index (Phi) is 6.94. The van der Waals surface area contributed by atoms with Gasteiger partial charge in [-0.1, -0.05) is 0 Å². The summed E-state index contributed by atoms with van der Waals surface area (Å²) in [6.45, 7) is 4.68. The number of nitrogens with zero attached hydrogens (tertiary/aromatic N) is 3. The molecule has 1 atom stereocenters. The van der Waals surface area contributed by atoms with Crippen LogP contribution in [0.15, 0.2) is 18.5 Å². The summed E-state index contributed by atoms with van der Waals surface area (Å²) in [7, 11) is 0. The quantitative estimate of drug-likeness (QED) is 0.789. The first kappa shape index (κ1) is 21.8. The molecule has 7 nitrogen and oxygen atoms in total. The highest BCUT2D eigenvalue weighted by Crippen LogP contribution is 2.42. The molecule has 1 unspecified atom stereocenters. The van der Waals surface area contributed by atoms with E-state index in [4.69, 9.17) is 19.4 Å². The van der Waals surface area contributed by atoms with E-state index in [-0.39, 0.29) is 0 Å². The SMILES string of the molecule is O=C(O)C(F)(F)F.c1cnc(N2CCC3(CC2)COC(COCC2CC2)C3)nc1. The zero-order valence-electron chi connectivity index (χ0n) is 16.1. The first-order valence-corrected chi connectivity index (χ1v) is 9.79. The lowest BCUT2D eigenvalue weighted by Crippen LogP contribution is -2.41. The number of ether oxygens (including phenoxy) is 2. The number of alkyl halides is 3. The normalized spacial score (nSPS) is 23.6. The van der Waals surface area contributed by atoms with Gasteiger partial charge in [-0.25, -0.2) is 14.8 Å². The third-order valence-corrected chi connectivity index (χ3v) is 5.54. The number of aromatic nitrogens is 2. The molecule has 1 aromatic rings. The minimum absolute atomic E-state index is 0.304. The Morgan fingerprint density at radius 1 is 1.24 bits per heavy atom. The second-order valence-corrected chi connectivity index (χ2v) is 7.96. The molecule has 1 aromatic heterocycles. The topological polar surface area (TPSA) is 84.8 Å². The Balaban J connectivity index is 0.000000298. The molecule has 4 rings (SSSR count).